The number of ether oxygens (including phenoxy) is 1. The van der Waals surface area contributed by atoms with E-state index in [4.69, 9.17) is 10.5 Å². The van der Waals surface area contributed by atoms with E-state index in [0.29, 0.717) is 12.4 Å². The van der Waals surface area contributed by atoms with Crippen LogP contribution in [0.4, 0.5) is 11.6 Å². The van der Waals surface area contributed by atoms with Crippen LogP contribution in [0.5, 0.6) is 0 Å². The number of nitrogens with zero attached hydrogens (tertiary/aromatic N) is 2. The van der Waals surface area contributed by atoms with E-state index >= 15 is 0 Å². The minimum absolute atomic E-state index is 0.0161. The highest BCUT2D eigenvalue weighted by Crippen LogP contribution is 2.25. The first-order valence-corrected chi connectivity index (χ1v) is 5.76. The van der Waals surface area contributed by atoms with Gasteiger partial charge in [0.2, 0.25) is 0 Å². The van der Waals surface area contributed by atoms with Crippen LogP contribution >= 0.6 is 0 Å². The predicted molar refractivity (Wildman–Crippen MR) is 66.9 cm³/mol. The first-order chi connectivity index (χ1) is 8.00. The number of hydrogen-bond donors (Lipinski definition) is 2. The molecule has 1 aliphatic heterocycles. The number of aromatic nitrogens is 1. The Kier molecular flexibility index (Phi) is 3.22. The molecule has 1 aliphatic rings. The zero-order valence-corrected chi connectivity index (χ0v) is 10.3. The normalized spacial score (nSPS) is 23.7. The molecule has 5 heteroatoms. The molecule has 94 valence electrons. The van der Waals surface area contributed by atoms with E-state index in [9.17, 15) is 5.11 Å². The van der Waals surface area contributed by atoms with Crippen molar-refractivity contribution in [1.82, 2.24) is 4.98 Å². The number of rotatable bonds is 2. The van der Waals surface area contributed by atoms with Gasteiger partial charge in [-0.1, -0.05) is 6.07 Å². The van der Waals surface area contributed by atoms with Gasteiger partial charge in [-0.25, -0.2) is 4.98 Å². The minimum atomic E-state index is -0.294. The molecule has 2 rings (SSSR count). The fraction of sp³-hybridized carbons (Fsp3) is 0.583. The second kappa shape index (κ2) is 4.50. The van der Waals surface area contributed by atoms with Crippen molar-refractivity contribution in [1.29, 1.82) is 0 Å². The van der Waals surface area contributed by atoms with Crippen molar-refractivity contribution in [2.45, 2.75) is 25.6 Å². The minimum Gasteiger partial charge on any atom is -0.394 e. The van der Waals surface area contributed by atoms with Crippen molar-refractivity contribution >= 4 is 11.6 Å². The highest BCUT2D eigenvalue weighted by molar-refractivity contribution is 5.45. The van der Waals surface area contributed by atoms with Crippen molar-refractivity contribution in [2.75, 3.05) is 30.3 Å². The van der Waals surface area contributed by atoms with Crippen LogP contribution in [-0.2, 0) is 4.74 Å². The van der Waals surface area contributed by atoms with Crippen LogP contribution in [0.2, 0.25) is 0 Å². The number of aliphatic hydroxyl groups excluding tert-OH is 1. The largest absolute Gasteiger partial charge is 0.394 e. The molecule has 0 amide bonds. The van der Waals surface area contributed by atoms with Crippen LogP contribution in [0.1, 0.15) is 13.8 Å². The maximum Gasteiger partial charge on any atom is 0.131 e. The molecule has 1 atom stereocenters. The summed E-state index contributed by atoms with van der Waals surface area (Å²) in [5.41, 5.74) is 5.39. The molecule has 1 saturated heterocycles. The number of pyridine rings is 1. The lowest BCUT2D eigenvalue weighted by atomic mass is 10.1. The van der Waals surface area contributed by atoms with E-state index in [2.05, 4.69) is 9.88 Å². The van der Waals surface area contributed by atoms with E-state index in [0.717, 1.165) is 12.4 Å². The molecule has 1 aromatic rings. The highest BCUT2D eigenvalue weighted by Gasteiger charge is 2.33. The number of morpholine rings is 1. The smallest absolute Gasteiger partial charge is 0.131 e. The van der Waals surface area contributed by atoms with Crippen LogP contribution in [0.3, 0.4) is 0 Å². The Bertz CT molecular complexity index is 395. The number of aliphatic hydroxyl groups is 1. The summed E-state index contributed by atoms with van der Waals surface area (Å²) in [5.74, 6) is 1.34. The third-order valence-electron chi connectivity index (χ3n) is 2.76. The summed E-state index contributed by atoms with van der Waals surface area (Å²) in [7, 11) is 0. The SMILES string of the molecule is CC1(C)CN(c2cccc(N)n2)CC(CO)O1. The maximum atomic E-state index is 9.25. The topological polar surface area (TPSA) is 71.6 Å². The molecule has 0 aromatic carbocycles. The lowest BCUT2D eigenvalue weighted by Gasteiger charge is -2.42. The summed E-state index contributed by atoms with van der Waals surface area (Å²) in [6.07, 6.45) is -0.179. The van der Waals surface area contributed by atoms with Crippen molar-refractivity contribution in [3.8, 4) is 0 Å². The van der Waals surface area contributed by atoms with Crippen molar-refractivity contribution in [2.24, 2.45) is 0 Å². The number of nitrogen functional groups attached to an aromatic ring is 1. The monoisotopic (exact) mass is 237 g/mol. The molecule has 0 aliphatic carbocycles. The molecule has 0 radical (unpaired) electrons. The molecule has 17 heavy (non-hydrogen) atoms. The summed E-state index contributed by atoms with van der Waals surface area (Å²) in [4.78, 5) is 6.40. The highest BCUT2D eigenvalue weighted by atomic mass is 16.5. The summed E-state index contributed by atoms with van der Waals surface area (Å²) < 4.78 is 5.75. The third kappa shape index (κ3) is 2.87. The molecule has 0 bridgehead atoms. The van der Waals surface area contributed by atoms with Crippen molar-refractivity contribution < 1.29 is 9.84 Å². The molecule has 3 N–H and O–H groups in total. The molecule has 1 fully saturated rings. The molecular weight excluding hydrogens is 218 g/mol. The van der Waals surface area contributed by atoms with Gasteiger partial charge in [0.15, 0.2) is 0 Å². The number of nitrogens with two attached hydrogens (primary N) is 1. The zero-order chi connectivity index (χ0) is 12.5. The first kappa shape index (κ1) is 12.1. The van der Waals surface area contributed by atoms with Gasteiger partial charge in [-0.15, -0.1) is 0 Å². The standard InChI is InChI=1S/C12H19N3O2/c1-12(2)8-15(6-9(7-16)17-12)11-5-3-4-10(13)14-11/h3-5,9,16H,6-8H2,1-2H3,(H2,13,14). The second-order valence-corrected chi connectivity index (χ2v) is 4.98. The molecule has 1 aromatic heterocycles. The molecule has 2 heterocycles. The van der Waals surface area contributed by atoms with Gasteiger partial charge < -0.3 is 20.5 Å². The fourth-order valence-electron chi connectivity index (χ4n) is 2.18. The maximum absolute atomic E-state index is 9.25. The van der Waals surface area contributed by atoms with Gasteiger partial charge in [-0.2, -0.15) is 0 Å². The average Bonchev–Trinajstić information content (AvgIpc) is 2.27. The molecular formula is C12H19N3O2. The van der Waals surface area contributed by atoms with Crippen LogP contribution < -0.4 is 10.6 Å². The average molecular weight is 237 g/mol. The van der Waals surface area contributed by atoms with Gasteiger partial charge in [0.25, 0.3) is 0 Å². The summed E-state index contributed by atoms with van der Waals surface area (Å²) in [5, 5.41) is 9.25. The molecule has 1 unspecified atom stereocenters. The Hall–Kier alpha value is -1.33. The van der Waals surface area contributed by atoms with E-state index in [1.165, 1.54) is 0 Å². The van der Waals surface area contributed by atoms with Gasteiger partial charge in [-0.3, -0.25) is 0 Å². The van der Waals surface area contributed by atoms with Crippen molar-refractivity contribution in [3.05, 3.63) is 18.2 Å². The summed E-state index contributed by atoms with van der Waals surface area (Å²) in [6, 6.07) is 5.57. The Labute approximate surface area is 101 Å². The van der Waals surface area contributed by atoms with Crippen LogP contribution in [0.25, 0.3) is 0 Å². The Morgan fingerprint density at radius 1 is 1.59 bits per heavy atom. The number of anilines is 2. The molecule has 0 spiro atoms. The predicted octanol–water partition coefficient (Wildman–Crippen LogP) is 0.640. The van der Waals surface area contributed by atoms with Crippen LogP contribution in [0, 0.1) is 0 Å². The second-order valence-electron chi connectivity index (χ2n) is 4.98. The quantitative estimate of drug-likeness (QED) is 0.790. The van der Waals surface area contributed by atoms with Gasteiger partial charge in [-0.05, 0) is 26.0 Å². The van der Waals surface area contributed by atoms with Gasteiger partial charge in [0, 0.05) is 13.1 Å². The zero-order valence-electron chi connectivity index (χ0n) is 10.3. The molecule has 0 saturated carbocycles. The fourth-order valence-corrected chi connectivity index (χ4v) is 2.18. The van der Waals surface area contributed by atoms with E-state index < -0.39 is 0 Å². The molecule has 5 nitrogen and oxygen atoms in total. The van der Waals surface area contributed by atoms with Gasteiger partial charge >= 0.3 is 0 Å². The van der Waals surface area contributed by atoms with E-state index in [1.54, 1.807) is 6.07 Å². The third-order valence-corrected chi connectivity index (χ3v) is 2.76. The van der Waals surface area contributed by atoms with Crippen LogP contribution in [0.15, 0.2) is 18.2 Å². The lowest BCUT2D eigenvalue weighted by Crippen LogP contribution is -2.54. The van der Waals surface area contributed by atoms with Gasteiger partial charge in [0.1, 0.15) is 11.6 Å². The Morgan fingerprint density at radius 2 is 2.35 bits per heavy atom. The lowest BCUT2D eigenvalue weighted by molar-refractivity contribution is -0.101. The summed E-state index contributed by atoms with van der Waals surface area (Å²) >= 11 is 0. The van der Waals surface area contributed by atoms with E-state index in [1.807, 2.05) is 26.0 Å². The number of hydrogen-bond acceptors (Lipinski definition) is 5. The Balaban J connectivity index is 2.20. The van der Waals surface area contributed by atoms with Crippen LogP contribution in [-0.4, -0.2) is 41.5 Å². The Morgan fingerprint density at radius 3 is 3.00 bits per heavy atom. The van der Waals surface area contributed by atoms with E-state index in [-0.39, 0.29) is 18.3 Å². The van der Waals surface area contributed by atoms with Crippen molar-refractivity contribution in [3.63, 3.8) is 0 Å². The summed E-state index contributed by atoms with van der Waals surface area (Å²) in [6.45, 7) is 5.40. The first-order valence-electron chi connectivity index (χ1n) is 5.76. The van der Waals surface area contributed by atoms with Gasteiger partial charge in [0.05, 0.1) is 18.3 Å².